The van der Waals surface area contributed by atoms with Crippen molar-refractivity contribution in [2.45, 2.75) is 19.4 Å². The van der Waals surface area contributed by atoms with E-state index in [9.17, 15) is 5.11 Å². The molecule has 18 heavy (non-hydrogen) atoms. The number of hydrogen-bond acceptors (Lipinski definition) is 3. The standard InChI is InChI=1S/C14H21BrN2O/c1-16-8-11-3-2-6-17(9-11)10-12-7-13(15)4-5-14(12)18/h4-5,7,11,16,18H,2-3,6,8-10H2,1H3. The molecule has 1 fully saturated rings. The number of benzene rings is 1. The molecule has 0 radical (unpaired) electrons. The van der Waals surface area contributed by atoms with Crippen molar-refractivity contribution >= 4 is 15.9 Å². The van der Waals surface area contributed by atoms with Crippen LogP contribution in [0.4, 0.5) is 0 Å². The van der Waals surface area contributed by atoms with E-state index in [1.54, 1.807) is 6.07 Å². The number of rotatable bonds is 4. The van der Waals surface area contributed by atoms with E-state index in [4.69, 9.17) is 0 Å². The van der Waals surface area contributed by atoms with Crippen LogP contribution in [0.25, 0.3) is 0 Å². The number of nitrogens with one attached hydrogen (secondary N) is 1. The molecule has 1 aromatic rings. The molecule has 1 aliphatic rings. The van der Waals surface area contributed by atoms with Crippen LogP contribution >= 0.6 is 15.9 Å². The summed E-state index contributed by atoms with van der Waals surface area (Å²) in [5, 5.41) is 13.1. The normalized spacial score (nSPS) is 21.1. The summed E-state index contributed by atoms with van der Waals surface area (Å²) < 4.78 is 1.03. The molecular weight excluding hydrogens is 292 g/mol. The monoisotopic (exact) mass is 312 g/mol. The van der Waals surface area contributed by atoms with Crippen LogP contribution in [0.3, 0.4) is 0 Å². The maximum Gasteiger partial charge on any atom is 0.120 e. The number of phenols is 1. The van der Waals surface area contributed by atoms with Crippen molar-refractivity contribution < 1.29 is 5.11 Å². The molecule has 1 atom stereocenters. The average Bonchev–Trinajstić information content (AvgIpc) is 2.35. The van der Waals surface area contributed by atoms with E-state index >= 15 is 0 Å². The molecule has 0 amide bonds. The van der Waals surface area contributed by atoms with Crippen LogP contribution in [0.2, 0.25) is 0 Å². The fraction of sp³-hybridized carbons (Fsp3) is 0.571. The highest BCUT2D eigenvalue weighted by Crippen LogP contribution is 2.25. The van der Waals surface area contributed by atoms with E-state index in [0.717, 1.165) is 42.1 Å². The van der Waals surface area contributed by atoms with Crippen molar-refractivity contribution in [1.82, 2.24) is 10.2 Å². The highest BCUT2D eigenvalue weighted by molar-refractivity contribution is 9.10. The molecule has 1 aliphatic heterocycles. The predicted octanol–water partition coefficient (Wildman–Crippen LogP) is 2.59. The van der Waals surface area contributed by atoms with Crippen LogP contribution in [0, 0.1) is 5.92 Å². The van der Waals surface area contributed by atoms with Gasteiger partial charge < -0.3 is 10.4 Å². The zero-order valence-electron chi connectivity index (χ0n) is 10.8. The third-order valence-electron chi connectivity index (χ3n) is 3.53. The first kappa shape index (κ1) is 13.8. The van der Waals surface area contributed by atoms with Gasteiger partial charge in [0.15, 0.2) is 0 Å². The van der Waals surface area contributed by atoms with Crippen molar-refractivity contribution in [3.8, 4) is 5.75 Å². The Balaban J connectivity index is 1.98. The summed E-state index contributed by atoms with van der Waals surface area (Å²) in [7, 11) is 2.01. The predicted molar refractivity (Wildman–Crippen MR) is 77.7 cm³/mol. The van der Waals surface area contributed by atoms with Gasteiger partial charge in [0.1, 0.15) is 5.75 Å². The molecule has 0 aliphatic carbocycles. The maximum atomic E-state index is 9.88. The topological polar surface area (TPSA) is 35.5 Å². The fourth-order valence-corrected chi connectivity index (χ4v) is 3.08. The third-order valence-corrected chi connectivity index (χ3v) is 4.02. The summed E-state index contributed by atoms with van der Waals surface area (Å²) in [4.78, 5) is 2.44. The first-order chi connectivity index (χ1) is 8.69. The molecule has 0 aromatic heterocycles. The van der Waals surface area contributed by atoms with Gasteiger partial charge in [0, 0.05) is 23.1 Å². The third kappa shape index (κ3) is 3.70. The zero-order valence-corrected chi connectivity index (χ0v) is 12.4. The Hall–Kier alpha value is -0.580. The van der Waals surface area contributed by atoms with Gasteiger partial charge in [-0.3, -0.25) is 4.90 Å². The summed E-state index contributed by atoms with van der Waals surface area (Å²) in [5.74, 6) is 1.13. The molecule has 3 nitrogen and oxygen atoms in total. The number of hydrogen-bond donors (Lipinski definition) is 2. The zero-order chi connectivity index (χ0) is 13.0. The van der Waals surface area contributed by atoms with Crippen LogP contribution in [-0.4, -0.2) is 36.7 Å². The molecule has 2 N–H and O–H groups in total. The van der Waals surface area contributed by atoms with E-state index in [1.165, 1.54) is 12.8 Å². The second-order valence-electron chi connectivity index (χ2n) is 5.07. The molecule has 4 heteroatoms. The Morgan fingerprint density at radius 3 is 3.11 bits per heavy atom. The van der Waals surface area contributed by atoms with Gasteiger partial charge in [-0.05, 0) is 57.1 Å². The Labute approximate surface area is 117 Å². The first-order valence-electron chi connectivity index (χ1n) is 6.53. The Morgan fingerprint density at radius 2 is 2.33 bits per heavy atom. The lowest BCUT2D eigenvalue weighted by Crippen LogP contribution is -2.38. The molecular formula is C14H21BrN2O. The van der Waals surface area contributed by atoms with Gasteiger partial charge in [0.05, 0.1) is 0 Å². The van der Waals surface area contributed by atoms with E-state index < -0.39 is 0 Å². The lowest BCUT2D eigenvalue weighted by Gasteiger charge is -2.32. The average molecular weight is 313 g/mol. The minimum Gasteiger partial charge on any atom is -0.508 e. The van der Waals surface area contributed by atoms with E-state index in [0.29, 0.717) is 5.75 Å². The molecule has 0 bridgehead atoms. The molecule has 100 valence electrons. The second kappa shape index (κ2) is 6.55. The molecule has 2 rings (SSSR count). The lowest BCUT2D eigenvalue weighted by molar-refractivity contribution is 0.165. The summed E-state index contributed by atoms with van der Waals surface area (Å²) in [6, 6.07) is 5.64. The van der Waals surface area contributed by atoms with Crippen LogP contribution < -0.4 is 5.32 Å². The SMILES string of the molecule is CNCC1CCCN(Cc2cc(Br)ccc2O)C1. The largest absolute Gasteiger partial charge is 0.508 e. The van der Waals surface area contributed by atoms with Gasteiger partial charge in [-0.15, -0.1) is 0 Å². The van der Waals surface area contributed by atoms with Gasteiger partial charge in [0.2, 0.25) is 0 Å². The fourth-order valence-electron chi connectivity index (χ4n) is 2.67. The van der Waals surface area contributed by atoms with Crippen LogP contribution in [-0.2, 0) is 6.54 Å². The quantitative estimate of drug-likeness (QED) is 0.897. The van der Waals surface area contributed by atoms with Crippen molar-refractivity contribution in [3.05, 3.63) is 28.2 Å². The second-order valence-corrected chi connectivity index (χ2v) is 5.99. The van der Waals surface area contributed by atoms with Crippen molar-refractivity contribution in [1.29, 1.82) is 0 Å². The lowest BCUT2D eigenvalue weighted by atomic mass is 9.97. The van der Waals surface area contributed by atoms with Crippen molar-refractivity contribution in [3.63, 3.8) is 0 Å². The maximum absolute atomic E-state index is 9.88. The van der Waals surface area contributed by atoms with Crippen molar-refractivity contribution in [2.24, 2.45) is 5.92 Å². The summed E-state index contributed by atoms with van der Waals surface area (Å²) in [6.07, 6.45) is 2.56. The van der Waals surface area contributed by atoms with E-state index in [-0.39, 0.29) is 0 Å². The Morgan fingerprint density at radius 1 is 1.50 bits per heavy atom. The number of halogens is 1. The van der Waals surface area contributed by atoms with Gasteiger partial charge in [-0.1, -0.05) is 15.9 Å². The molecule has 1 aromatic carbocycles. The van der Waals surface area contributed by atoms with Crippen LogP contribution in [0.5, 0.6) is 5.75 Å². The molecule has 0 spiro atoms. The van der Waals surface area contributed by atoms with Gasteiger partial charge in [0.25, 0.3) is 0 Å². The highest BCUT2D eigenvalue weighted by Gasteiger charge is 2.20. The summed E-state index contributed by atoms with van der Waals surface area (Å²) in [6.45, 7) is 4.17. The smallest absolute Gasteiger partial charge is 0.120 e. The summed E-state index contributed by atoms with van der Waals surface area (Å²) in [5.41, 5.74) is 1.01. The molecule has 0 saturated carbocycles. The molecule has 1 saturated heterocycles. The van der Waals surface area contributed by atoms with E-state index in [1.807, 2.05) is 19.2 Å². The number of likely N-dealkylation sites (tertiary alicyclic amines) is 1. The number of piperidine rings is 1. The van der Waals surface area contributed by atoms with Crippen molar-refractivity contribution in [2.75, 3.05) is 26.7 Å². The summed E-state index contributed by atoms with van der Waals surface area (Å²) >= 11 is 3.46. The number of nitrogens with zero attached hydrogens (tertiary/aromatic N) is 1. The highest BCUT2D eigenvalue weighted by atomic mass is 79.9. The van der Waals surface area contributed by atoms with Gasteiger partial charge >= 0.3 is 0 Å². The Bertz CT molecular complexity index is 395. The van der Waals surface area contributed by atoms with Gasteiger partial charge in [-0.25, -0.2) is 0 Å². The molecule has 1 unspecified atom stereocenters. The molecule has 1 heterocycles. The minimum absolute atomic E-state index is 0.397. The van der Waals surface area contributed by atoms with E-state index in [2.05, 4.69) is 26.1 Å². The van der Waals surface area contributed by atoms with Crippen LogP contribution in [0.15, 0.2) is 22.7 Å². The first-order valence-corrected chi connectivity index (χ1v) is 7.32. The minimum atomic E-state index is 0.397. The van der Waals surface area contributed by atoms with Gasteiger partial charge in [-0.2, -0.15) is 0 Å². The van der Waals surface area contributed by atoms with Crippen LogP contribution in [0.1, 0.15) is 18.4 Å². The number of phenolic OH excluding ortho intramolecular Hbond substituents is 1. The Kier molecular flexibility index (Phi) is 5.03. The number of aromatic hydroxyl groups is 1.